The molecule has 0 rings (SSSR count). The lowest BCUT2D eigenvalue weighted by molar-refractivity contribution is 2.35. The zero-order valence-electron chi connectivity index (χ0n) is 5.50. The maximum absolute atomic E-state index is 3.85. The molecule has 0 unspecified atom stereocenters. The first kappa shape index (κ1) is 10.5. The Hall–Kier alpha value is 1.52. The van der Waals surface area contributed by atoms with Gasteiger partial charge in [-0.25, -0.2) is 0 Å². The monoisotopic (exact) mass is 226 g/mol. The van der Waals surface area contributed by atoms with E-state index in [1.54, 1.807) is 0 Å². The minimum Gasteiger partial charge on any atom is -0.0761 e. The molecule has 0 amide bonds. The highest BCUT2D eigenvalue weighted by Crippen LogP contribution is 1.80. The predicted octanol–water partition coefficient (Wildman–Crippen LogP) is -1.50. The first-order valence-electron chi connectivity index (χ1n) is 2.50. The molecule has 0 N–H and O–H groups in total. The maximum Gasteiger partial charge on any atom is 0.0145 e. The van der Waals surface area contributed by atoms with Crippen molar-refractivity contribution in [2.45, 2.75) is 13.1 Å². The highest BCUT2D eigenvalue weighted by molar-refractivity contribution is 7.84. The van der Waals surface area contributed by atoms with Crippen LogP contribution in [0.4, 0.5) is 0 Å². The van der Waals surface area contributed by atoms with Gasteiger partial charge in [0.2, 0.25) is 0 Å². The van der Waals surface area contributed by atoms with Gasteiger partial charge in [0.25, 0.3) is 0 Å². The van der Waals surface area contributed by atoms with E-state index in [1.807, 2.05) is 0 Å². The number of hydrogen-bond acceptors (Lipinski definition) is 0. The van der Waals surface area contributed by atoms with Crippen LogP contribution in [0, 0.1) is 0 Å². The quantitative estimate of drug-likeness (QED) is 0.512. The molecule has 0 aromatic rings. The Morgan fingerprint density at radius 3 is 1.89 bits per heavy atom. The summed E-state index contributed by atoms with van der Waals surface area (Å²) in [5.41, 5.74) is 0. The molecule has 0 nitrogen and oxygen atoms in total. The minimum absolute atomic E-state index is 0.0450. The van der Waals surface area contributed by atoms with Crippen molar-refractivity contribution in [1.29, 1.82) is 0 Å². The maximum atomic E-state index is 3.85. The summed E-state index contributed by atoms with van der Waals surface area (Å²) in [5, 5.41) is 0. The van der Waals surface area contributed by atoms with E-state index >= 15 is 0 Å². The smallest absolute Gasteiger partial charge is 0.0145 e. The van der Waals surface area contributed by atoms with Gasteiger partial charge >= 0.3 is 0 Å². The summed E-state index contributed by atoms with van der Waals surface area (Å²) in [6, 6.07) is 0. The SMILES string of the molecule is C[Si][Si]([Si])[Si]([Si]C)[Si][Si]. The molecule has 0 aromatic carbocycles. The first-order chi connectivity index (χ1) is 4.26. The second-order valence-electron chi connectivity index (χ2n) is 1.38. The van der Waals surface area contributed by atoms with Crippen molar-refractivity contribution in [3.05, 3.63) is 0 Å². The van der Waals surface area contributed by atoms with E-state index < -0.39 is 0 Å². The standard InChI is InChI=1S/C2H6Si7/c1-5-8(4)9(6-2)7-3/h1-2H3. The Kier molecular flexibility index (Phi) is 7.30. The average molecular weight is 227 g/mol. The highest BCUT2D eigenvalue weighted by Gasteiger charge is 2.14. The molecule has 0 aliphatic rings. The third-order valence-corrected chi connectivity index (χ3v) is 43.9. The van der Waals surface area contributed by atoms with Crippen molar-refractivity contribution in [3.8, 4) is 0 Å². The van der Waals surface area contributed by atoms with Crippen LogP contribution in [0.1, 0.15) is 0 Å². The van der Waals surface area contributed by atoms with E-state index in [2.05, 4.69) is 32.6 Å². The first-order valence-corrected chi connectivity index (χ1v) is 16.5. The van der Waals surface area contributed by atoms with Crippen LogP contribution in [0.15, 0.2) is 0 Å². The van der Waals surface area contributed by atoms with E-state index in [9.17, 15) is 0 Å². The summed E-state index contributed by atoms with van der Waals surface area (Å²) < 4.78 is 0. The van der Waals surface area contributed by atoms with Crippen molar-refractivity contribution in [2.75, 3.05) is 0 Å². The molecule has 0 saturated heterocycles. The summed E-state index contributed by atoms with van der Waals surface area (Å²) >= 11 is 0. The zero-order chi connectivity index (χ0) is 7.28. The molecule has 0 saturated carbocycles. The molecule has 0 atom stereocenters. The molecular weight excluding hydrogens is 221 g/mol. The van der Waals surface area contributed by atoms with Crippen LogP contribution >= 0.6 is 0 Å². The highest BCUT2D eigenvalue weighted by atomic mass is 30.2. The summed E-state index contributed by atoms with van der Waals surface area (Å²) in [5.74, 6) is 0. The van der Waals surface area contributed by atoms with E-state index in [4.69, 9.17) is 0 Å². The van der Waals surface area contributed by atoms with Gasteiger partial charge in [0.15, 0.2) is 0 Å². The average Bonchev–Trinajstić information content (AvgIpc) is 1.90. The molecule has 0 fully saturated rings. The fourth-order valence-corrected chi connectivity index (χ4v) is 40.5. The Morgan fingerprint density at radius 1 is 1.22 bits per heavy atom. The van der Waals surface area contributed by atoms with Crippen LogP contribution in [-0.4, -0.2) is 60.8 Å². The van der Waals surface area contributed by atoms with E-state index in [-0.39, 0.29) is 14.7 Å². The Morgan fingerprint density at radius 2 is 1.78 bits per heavy atom. The van der Waals surface area contributed by atoms with Gasteiger partial charge in [-0.2, -0.15) is 0 Å². The van der Waals surface area contributed by atoms with Gasteiger partial charge in [-0.05, 0) is 0 Å². The second-order valence-corrected chi connectivity index (χ2v) is 28.1. The van der Waals surface area contributed by atoms with Crippen molar-refractivity contribution in [2.24, 2.45) is 0 Å². The van der Waals surface area contributed by atoms with Crippen LogP contribution < -0.4 is 0 Å². The number of hydrogen-bond donors (Lipinski definition) is 0. The largest absolute Gasteiger partial charge is 0.0761 e. The van der Waals surface area contributed by atoms with Gasteiger partial charge in [0.1, 0.15) is 0 Å². The van der Waals surface area contributed by atoms with E-state index in [0.29, 0.717) is 0 Å². The van der Waals surface area contributed by atoms with Crippen LogP contribution in [-0.2, 0) is 0 Å². The normalized spacial score (nSPS) is 11.3. The van der Waals surface area contributed by atoms with Gasteiger partial charge in [0, 0.05) is 60.8 Å². The van der Waals surface area contributed by atoms with E-state index in [1.165, 1.54) is 18.1 Å². The molecule has 0 heterocycles. The van der Waals surface area contributed by atoms with Crippen molar-refractivity contribution in [1.82, 2.24) is 0 Å². The predicted molar refractivity (Wildman–Crippen MR) is 52.0 cm³/mol. The molecule has 0 aliphatic heterocycles. The summed E-state index contributed by atoms with van der Waals surface area (Å²) in [6.07, 6.45) is 0. The fourth-order valence-electron chi connectivity index (χ4n) is 0.375. The Bertz CT molecular complexity index is 59.9. The van der Waals surface area contributed by atoms with Crippen LogP contribution in [0.2, 0.25) is 13.1 Å². The molecule has 0 aliphatic carbocycles. The summed E-state index contributed by atoms with van der Waals surface area (Å²) in [7, 11) is 10.9. The molecule has 7 heteroatoms. The molecule has 0 aromatic heterocycles. The topological polar surface area (TPSA) is 0 Å². The van der Waals surface area contributed by atoms with Crippen LogP contribution in [0.3, 0.4) is 0 Å². The van der Waals surface area contributed by atoms with Gasteiger partial charge in [0.05, 0.1) is 0 Å². The fraction of sp³-hybridized carbons (Fsp3) is 1.00. The zero-order valence-corrected chi connectivity index (χ0v) is 12.5. The van der Waals surface area contributed by atoms with Gasteiger partial charge in [-0.15, -0.1) is 0 Å². The number of rotatable bonds is 4. The lowest BCUT2D eigenvalue weighted by Crippen LogP contribution is -2.50. The Labute approximate surface area is 73.9 Å². The second kappa shape index (κ2) is 6.24. The van der Waals surface area contributed by atoms with Gasteiger partial charge < -0.3 is 0 Å². The molecule has 14 radical (unpaired) electrons. The molecular formula is C2H6Si7. The third-order valence-electron chi connectivity index (χ3n) is 0.875. The lowest BCUT2D eigenvalue weighted by atomic mass is 11.9. The van der Waals surface area contributed by atoms with Crippen LogP contribution in [0.5, 0.6) is 0 Å². The van der Waals surface area contributed by atoms with Crippen molar-refractivity contribution >= 4 is 60.8 Å². The minimum atomic E-state index is -0.0579. The van der Waals surface area contributed by atoms with E-state index in [0.717, 1.165) is 8.55 Å². The molecule has 0 bridgehead atoms. The lowest BCUT2D eigenvalue weighted by Gasteiger charge is -2.13. The molecule has 9 heavy (non-hydrogen) atoms. The Balaban J connectivity index is 3.50. The molecule has 42 valence electrons. The van der Waals surface area contributed by atoms with Gasteiger partial charge in [-0.3, -0.25) is 0 Å². The van der Waals surface area contributed by atoms with Gasteiger partial charge in [-0.1, -0.05) is 13.1 Å². The van der Waals surface area contributed by atoms with Crippen LogP contribution in [0.25, 0.3) is 0 Å². The summed E-state index contributed by atoms with van der Waals surface area (Å²) in [4.78, 5) is 0. The van der Waals surface area contributed by atoms with Crippen molar-refractivity contribution in [3.63, 3.8) is 0 Å². The molecule has 0 spiro atoms. The van der Waals surface area contributed by atoms with Crippen molar-refractivity contribution < 1.29 is 0 Å². The third kappa shape index (κ3) is 4.06. The summed E-state index contributed by atoms with van der Waals surface area (Å²) in [6.45, 7) is 4.66.